The number of halogens is 1. The lowest BCUT2D eigenvalue weighted by Gasteiger charge is -2.02. The molecular formula is C10H9ClN2O2. The van der Waals surface area contributed by atoms with Gasteiger partial charge in [0.05, 0.1) is 11.0 Å². The summed E-state index contributed by atoms with van der Waals surface area (Å²) in [6.07, 6.45) is 0. The Morgan fingerprint density at radius 1 is 1.60 bits per heavy atom. The molecule has 0 atom stereocenters. The Bertz CT molecular complexity index is 533. The highest BCUT2D eigenvalue weighted by molar-refractivity contribution is 6.31. The molecule has 15 heavy (non-hydrogen) atoms. The quantitative estimate of drug-likeness (QED) is 0.850. The van der Waals surface area contributed by atoms with Gasteiger partial charge < -0.3 is 9.67 Å². The number of hydrogen-bond donors (Lipinski definition) is 1. The summed E-state index contributed by atoms with van der Waals surface area (Å²) in [5, 5.41) is 9.33. The fourth-order valence-electron chi connectivity index (χ4n) is 1.55. The maximum absolute atomic E-state index is 10.7. The number of rotatable bonds is 2. The maximum atomic E-state index is 10.7. The summed E-state index contributed by atoms with van der Waals surface area (Å²) in [4.78, 5) is 14.9. The lowest BCUT2D eigenvalue weighted by Crippen LogP contribution is -2.09. The molecule has 0 bridgehead atoms. The third-order valence-corrected chi connectivity index (χ3v) is 2.43. The first kappa shape index (κ1) is 9.98. The molecule has 0 amide bonds. The first-order valence-electron chi connectivity index (χ1n) is 4.42. The van der Waals surface area contributed by atoms with Crippen LogP contribution in [0.25, 0.3) is 11.0 Å². The van der Waals surface area contributed by atoms with Gasteiger partial charge >= 0.3 is 5.97 Å². The molecule has 0 spiro atoms. The molecule has 1 N–H and O–H groups in total. The topological polar surface area (TPSA) is 55.1 Å². The molecule has 4 nitrogen and oxygen atoms in total. The molecule has 2 rings (SSSR count). The van der Waals surface area contributed by atoms with Gasteiger partial charge in [-0.3, -0.25) is 4.79 Å². The number of aromatic nitrogens is 2. The molecule has 0 radical (unpaired) electrons. The number of aliphatic carboxylic acids is 1. The first-order chi connectivity index (χ1) is 7.08. The van der Waals surface area contributed by atoms with Crippen molar-refractivity contribution in [3.63, 3.8) is 0 Å². The summed E-state index contributed by atoms with van der Waals surface area (Å²) in [5.41, 5.74) is 1.51. The van der Waals surface area contributed by atoms with Gasteiger partial charge in [-0.05, 0) is 25.1 Å². The molecule has 0 unspecified atom stereocenters. The second-order valence-corrected chi connectivity index (χ2v) is 3.71. The highest BCUT2D eigenvalue weighted by Crippen LogP contribution is 2.20. The highest BCUT2D eigenvalue weighted by Gasteiger charge is 2.10. The van der Waals surface area contributed by atoms with Crippen molar-refractivity contribution in [1.29, 1.82) is 0 Å². The Morgan fingerprint density at radius 2 is 2.33 bits per heavy atom. The number of benzene rings is 1. The van der Waals surface area contributed by atoms with Crippen molar-refractivity contribution in [2.45, 2.75) is 13.5 Å². The van der Waals surface area contributed by atoms with E-state index in [1.807, 2.05) is 0 Å². The van der Waals surface area contributed by atoms with Crippen LogP contribution < -0.4 is 0 Å². The fraction of sp³-hybridized carbons (Fsp3) is 0.200. The van der Waals surface area contributed by atoms with Crippen molar-refractivity contribution < 1.29 is 9.90 Å². The first-order valence-corrected chi connectivity index (χ1v) is 4.80. The Balaban J connectivity index is 2.65. The van der Waals surface area contributed by atoms with Crippen LogP contribution in [0.1, 0.15) is 5.82 Å². The van der Waals surface area contributed by atoms with Crippen LogP contribution >= 0.6 is 11.6 Å². The van der Waals surface area contributed by atoms with Crippen LogP contribution in [-0.2, 0) is 11.3 Å². The van der Waals surface area contributed by atoms with E-state index in [4.69, 9.17) is 16.7 Å². The van der Waals surface area contributed by atoms with E-state index < -0.39 is 5.97 Å². The van der Waals surface area contributed by atoms with Crippen molar-refractivity contribution in [3.8, 4) is 0 Å². The van der Waals surface area contributed by atoms with Crippen molar-refractivity contribution in [3.05, 3.63) is 29.0 Å². The van der Waals surface area contributed by atoms with E-state index in [0.29, 0.717) is 10.8 Å². The average Bonchev–Trinajstić information content (AvgIpc) is 2.43. The number of aryl methyl sites for hydroxylation is 1. The van der Waals surface area contributed by atoms with Gasteiger partial charge in [0, 0.05) is 5.02 Å². The van der Waals surface area contributed by atoms with Crippen molar-refractivity contribution >= 4 is 28.6 Å². The SMILES string of the molecule is Cc1nc2ccc(Cl)cc2n1CC(=O)O. The van der Waals surface area contributed by atoms with E-state index in [1.54, 1.807) is 29.7 Å². The number of carboxylic acid groups (broad SMARTS) is 1. The molecule has 1 heterocycles. The van der Waals surface area contributed by atoms with Crippen LogP contribution in [0, 0.1) is 6.92 Å². The van der Waals surface area contributed by atoms with Gasteiger partial charge in [-0.1, -0.05) is 11.6 Å². The van der Waals surface area contributed by atoms with Gasteiger partial charge in [-0.25, -0.2) is 4.98 Å². The van der Waals surface area contributed by atoms with Crippen LogP contribution in [0.15, 0.2) is 18.2 Å². The van der Waals surface area contributed by atoms with Crippen LogP contribution in [-0.4, -0.2) is 20.6 Å². The van der Waals surface area contributed by atoms with E-state index in [1.165, 1.54) is 0 Å². The second kappa shape index (κ2) is 3.55. The van der Waals surface area contributed by atoms with Gasteiger partial charge in [0.25, 0.3) is 0 Å². The number of imidazole rings is 1. The molecular weight excluding hydrogens is 216 g/mol. The molecule has 0 saturated carbocycles. The summed E-state index contributed by atoms with van der Waals surface area (Å²) >= 11 is 5.85. The number of hydrogen-bond acceptors (Lipinski definition) is 2. The summed E-state index contributed by atoms with van der Waals surface area (Å²) < 4.78 is 1.63. The predicted octanol–water partition coefficient (Wildman–Crippen LogP) is 2.08. The van der Waals surface area contributed by atoms with Crippen LogP contribution in [0.3, 0.4) is 0 Å². The van der Waals surface area contributed by atoms with Gasteiger partial charge in [0.15, 0.2) is 0 Å². The number of carbonyl (C=O) groups is 1. The lowest BCUT2D eigenvalue weighted by molar-refractivity contribution is -0.137. The molecule has 2 aromatic rings. The molecule has 0 fully saturated rings. The molecule has 0 aliphatic rings. The summed E-state index contributed by atoms with van der Waals surface area (Å²) in [6, 6.07) is 5.24. The maximum Gasteiger partial charge on any atom is 0.323 e. The Kier molecular flexibility index (Phi) is 2.36. The normalized spacial score (nSPS) is 10.8. The van der Waals surface area contributed by atoms with Crippen molar-refractivity contribution in [1.82, 2.24) is 9.55 Å². The van der Waals surface area contributed by atoms with E-state index in [9.17, 15) is 4.79 Å². The van der Waals surface area contributed by atoms with Gasteiger partial charge in [-0.15, -0.1) is 0 Å². The zero-order valence-electron chi connectivity index (χ0n) is 8.07. The minimum Gasteiger partial charge on any atom is -0.480 e. The molecule has 1 aromatic carbocycles. The average molecular weight is 225 g/mol. The van der Waals surface area contributed by atoms with Crippen molar-refractivity contribution in [2.24, 2.45) is 0 Å². The standard InChI is InChI=1S/C10H9ClN2O2/c1-6-12-8-3-2-7(11)4-9(8)13(6)5-10(14)15/h2-4H,5H2,1H3,(H,14,15). The van der Waals surface area contributed by atoms with E-state index in [-0.39, 0.29) is 6.54 Å². The fourth-order valence-corrected chi connectivity index (χ4v) is 1.72. The number of carboxylic acids is 1. The van der Waals surface area contributed by atoms with Crippen LogP contribution in [0.5, 0.6) is 0 Å². The summed E-state index contributed by atoms with van der Waals surface area (Å²) in [6.45, 7) is 1.68. The molecule has 1 aromatic heterocycles. The molecule has 0 aliphatic heterocycles. The third kappa shape index (κ3) is 1.80. The van der Waals surface area contributed by atoms with E-state index >= 15 is 0 Å². The Morgan fingerprint density at radius 3 is 3.00 bits per heavy atom. The summed E-state index contributed by atoms with van der Waals surface area (Å²) in [5.74, 6) is -0.216. The highest BCUT2D eigenvalue weighted by atomic mass is 35.5. The molecule has 0 aliphatic carbocycles. The van der Waals surface area contributed by atoms with Gasteiger partial charge in [0.1, 0.15) is 12.4 Å². The molecule has 5 heteroatoms. The Hall–Kier alpha value is -1.55. The molecule has 0 saturated heterocycles. The second-order valence-electron chi connectivity index (χ2n) is 3.27. The zero-order chi connectivity index (χ0) is 11.0. The van der Waals surface area contributed by atoms with Gasteiger partial charge in [-0.2, -0.15) is 0 Å². The number of nitrogens with zero attached hydrogens (tertiary/aromatic N) is 2. The zero-order valence-corrected chi connectivity index (χ0v) is 8.82. The minimum atomic E-state index is -0.891. The largest absolute Gasteiger partial charge is 0.480 e. The monoisotopic (exact) mass is 224 g/mol. The van der Waals surface area contributed by atoms with Crippen molar-refractivity contribution in [2.75, 3.05) is 0 Å². The minimum absolute atomic E-state index is 0.0946. The Labute approximate surface area is 91.1 Å². The molecule has 78 valence electrons. The van der Waals surface area contributed by atoms with E-state index in [2.05, 4.69) is 4.98 Å². The van der Waals surface area contributed by atoms with Crippen LogP contribution in [0.2, 0.25) is 5.02 Å². The third-order valence-electron chi connectivity index (χ3n) is 2.19. The number of fused-ring (bicyclic) bond motifs is 1. The lowest BCUT2D eigenvalue weighted by atomic mass is 10.3. The van der Waals surface area contributed by atoms with Crippen LogP contribution in [0.4, 0.5) is 0 Å². The summed E-state index contributed by atoms with van der Waals surface area (Å²) in [7, 11) is 0. The van der Waals surface area contributed by atoms with Gasteiger partial charge in [0.2, 0.25) is 0 Å². The van der Waals surface area contributed by atoms with E-state index in [0.717, 1.165) is 11.0 Å². The predicted molar refractivity (Wildman–Crippen MR) is 57.1 cm³/mol. The smallest absolute Gasteiger partial charge is 0.323 e.